The monoisotopic (exact) mass is 929 g/mol. The van der Waals surface area contributed by atoms with E-state index in [4.69, 9.17) is 4.42 Å². The van der Waals surface area contributed by atoms with Gasteiger partial charge in [0.15, 0.2) is 0 Å². The fourth-order valence-electron chi connectivity index (χ4n) is 11.8. The summed E-state index contributed by atoms with van der Waals surface area (Å²) in [7, 11) is 0. The molecule has 12 aromatic carbocycles. The van der Waals surface area contributed by atoms with Crippen molar-refractivity contribution in [2.24, 2.45) is 0 Å². The van der Waals surface area contributed by atoms with Crippen LogP contribution in [0.4, 0.5) is 17.1 Å². The lowest BCUT2D eigenvalue weighted by atomic mass is 9.66. The molecule has 0 atom stereocenters. The lowest BCUT2D eigenvalue weighted by molar-refractivity contribution is 0.671. The summed E-state index contributed by atoms with van der Waals surface area (Å²) in [6, 6.07) is 104. The SMILES string of the molecule is c1ccc(-c2ccc(N(c3ccc(-c4cccc(-c5cccc6c5oc5c(-c7ccccc7)cccc56)c4)cc3)c3ccc4c(c3)C(c3ccccc3)(c3ccccc3)c3c-4ccc4ccccc34)cc2)cc1. The Balaban J connectivity index is 0.906. The molecule has 0 N–H and O–H groups in total. The highest BCUT2D eigenvalue weighted by molar-refractivity contribution is 6.13. The van der Waals surface area contributed by atoms with Crippen molar-refractivity contribution in [3.05, 3.63) is 307 Å². The second-order valence-electron chi connectivity index (χ2n) is 19.1. The summed E-state index contributed by atoms with van der Waals surface area (Å²) >= 11 is 0. The average molecular weight is 930 g/mol. The highest BCUT2D eigenvalue weighted by Gasteiger charge is 2.47. The maximum absolute atomic E-state index is 6.85. The van der Waals surface area contributed by atoms with Gasteiger partial charge in [0.05, 0.1) is 5.41 Å². The number of hydrogen-bond donors (Lipinski definition) is 0. The fraction of sp³-hybridized carbons (Fsp3) is 0.0141. The molecule has 0 spiro atoms. The zero-order chi connectivity index (χ0) is 48.3. The number of anilines is 3. The van der Waals surface area contributed by atoms with Gasteiger partial charge in [-0.1, -0.05) is 243 Å². The summed E-state index contributed by atoms with van der Waals surface area (Å²) in [6.45, 7) is 0. The minimum absolute atomic E-state index is 0.585. The highest BCUT2D eigenvalue weighted by Crippen LogP contribution is 2.59. The summed E-state index contributed by atoms with van der Waals surface area (Å²) in [5, 5.41) is 4.74. The van der Waals surface area contributed by atoms with Crippen molar-refractivity contribution in [2.75, 3.05) is 4.90 Å². The lowest BCUT2D eigenvalue weighted by Crippen LogP contribution is -2.29. The van der Waals surface area contributed by atoms with E-state index < -0.39 is 5.41 Å². The Morgan fingerprint density at radius 3 is 1.36 bits per heavy atom. The van der Waals surface area contributed by atoms with E-state index in [1.165, 1.54) is 55.3 Å². The van der Waals surface area contributed by atoms with Gasteiger partial charge in [-0.15, -0.1) is 0 Å². The van der Waals surface area contributed by atoms with Gasteiger partial charge in [0, 0.05) is 39.0 Å². The molecule has 0 bridgehead atoms. The van der Waals surface area contributed by atoms with Crippen LogP contribution in [0, 0.1) is 0 Å². The van der Waals surface area contributed by atoms with Crippen molar-refractivity contribution in [1.29, 1.82) is 0 Å². The molecule has 1 aliphatic carbocycles. The van der Waals surface area contributed by atoms with Gasteiger partial charge < -0.3 is 9.32 Å². The van der Waals surface area contributed by atoms with Gasteiger partial charge in [-0.25, -0.2) is 0 Å². The van der Waals surface area contributed by atoms with Crippen molar-refractivity contribution >= 4 is 49.8 Å². The highest BCUT2D eigenvalue weighted by atomic mass is 16.3. The molecule has 0 saturated carbocycles. The maximum atomic E-state index is 6.85. The molecule has 2 heteroatoms. The summed E-state index contributed by atoms with van der Waals surface area (Å²) in [5.41, 5.74) is 21.1. The predicted molar refractivity (Wildman–Crippen MR) is 305 cm³/mol. The number of para-hydroxylation sites is 2. The van der Waals surface area contributed by atoms with Gasteiger partial charge in [0.1, 0.15) is 11.2 Å². The van der Waals surface area contributed by atoms with Crippen molar-refractivity contribution < 1.29 is 4.42 Å². The van der Waals surface area contributed by atoms with E-state index in [1.54, 1.807) is 0 Å². The Labute approximate surface area is 425 Å². The van der Waals surface area contributed by atoms with E-state index in [0.29, 0.717) is 0 Å². The third kappa shape index (κ3) is 6.94. The average Bonchev–Trinajstić information content (AvgIpc) is 4.04. The molecular weight excluding hydrogens is 883 g/mol. The van der Waals surface area contributed by atoms with Crippen LogP contribution in [0.5, 0.6) is 0 Å². The molecular formula is C71H47NO. The summed E-state index contributed by atoms with van der Waals surface area (Å²) in [6.07, 6.45) is 0. The maximum Gasteiger partial charge on any atom is 0.143 e. The number of nitrogens with zero attached hydrogens (tertiary/aromatic N) is 1. The van der Waals surface area contributed by atoms with Crippen molar-refractivity contribution in [3.63, 3.8) is 0 Å². The number of hydrogen-bond acceptors (Lipinski definition) is 2. The normalized spacial score (nSPS) is 12.5. The van der Waals surface area contributed by atoms with Crippen LogP contribution in [0.2, 0.25) is 0 Å². The molecule has 1 heterocycles. The molecule has 1 aromatic heterocycles. The molecule has 2 nitrogen and oxygen atoms in total. The minimum Gasteiger partial charge on any atom is -0.455 e. The first-order valence-electron chi connectivity index (χ1n) is 25.2. The van der Waals surface area contributed by atoms with Gasteiger partial charge in [-0.2, -0.15) is 0 Å². The second-order valence-corrected chi connectivity index (χ2v) is 19.1. The van der Waals surface area contributed by atoms with E-state index in [0.717, 1.165) is 72.4 Å². The van der Waals surface area contributed by atoms with E-state index in [9.17, 15) is 0 Å². The zero-order valence-corrected chi connectivity index (χ0v) is 40.0. The number of benzene rings is 12. The molecule has 14 rings (SSSR count). The summed E-state index contributed by atoms with van der Waals surface area (Å²) in [5.74, 6) is 0. The molecule has 0 aliphatic heterocycles. The Hall–Kier alpha value is -9.50. The van der Waals surface area contributed by atoms with Crippen LogP contribution < -0.4 is 4.90 Å². The Morgan fingerprint density at radius 1 is 0.274 bits per heavy atom. The van der Waals surface area contributed by atoms with Gasteiger partial charge in [0.25, 0.3) is 0 Å². The number of rotatable bonds is 9. The molecule has 1 aliphatic rings. The lowest BCUT2D eigenvalue weighted by Gasteiger charge is -2.35. The smallest absolute Gasteiger partial charge is 0.143 e. The third-order valence-electron chi connectivity index (χ3n) is 15.1. The third-order valence-corrected chi connectivity index (χ3v) is 15.1. The van der Waals surface area contributed by atoms with Crippen LogP contribution in [0.25, 0.3) is 88.3 Å². The first-order chi connectivity index (χ1) is 36.2. The molecule has 73 heavy (non-hydrogen) atoms. The van der Waals surface area contributed by atoms with Crippen LogP contribution >= 0.6 is 0 Å². The molecule has 342 valence electrons. The van der Waals surface area contributed by atoms with Gasteiger partial charge in [-0.3, -0.25) is 0 Å². The molecule has 0 saturated heterocycles. The van der Waals surface area contributed by atoms with Crippen LogP contribution in [-0.4, -0.2) is 0 Å². The number of furan rings is 1. The van der Waals surface area contributed by atoms with Crippen LogP contribution in [-0.2, 0) is 5.41 Å². The fourth-order valence-corrected chi connectivity index (χ4v) is 11.8. The molecule has 0 radical (unpaired) electrons. The molecule has 0 fully saturated rings. The Morgan fingerprint density at radius 2 is 0.726 bits per heavy atom. The molecule has 0 amide bonds. The first kappa shape index (κ1) is 42.4. The second kappa shape index (κ2) is 17.4. The minimum atomic E-state index is -0.585. The van der Waals surface area contributed by atoms with Crippen LogP contribution in [0.3, 0.4) is 0 Å². The topological polar surface area (TPSA) is 16.4 Å². The van der Waals surface area contributed by atoms with E-state index in [-0.39, 0.29) is 0 Å². The largest absolute Gasteiger partial charge is 0.455 e. The Kier molecular flexibility index (Phi) is 10.1. The standard InChI is InChI=1S/C71H47NO/c1-5-18-48(19-6-1)49-34-39-57(40-35-49)72(59-43-45-63-64-44-38-52-22-13-14-29-60(52)68(64)71(67(63)47-59,55-25-9-3-10-26-55)56-27-11-4-12-28-56)58-41-36-50(37-42-58)53-23-15-24-54(46-53)62-31-17-33-66-65-32-16-30-61(69(65)73-70(62)66)51-20-7-2-8-21-51/h1-47H. The number of fused-ring (bicyclic) bond motifs is 8. The predicted octanol–water partition coefficient (Wildman–Crippen LogP) is 19.2. The van der Waals surface area contributed by atoms with Gasteiger partial charge >= 0.3 is 0 Å². The quantitative estimate of drug-likeness (QED) is 0.143. The zero-order valence-electron chi connectivity index (χ0n) is 40.0. The molecule has 0 unspecified atom stereocenters. The molecule has 13 aromatic rings. The van der Waals surface area contributed by atoms with Crippen LogP contribution in [0.15, 0.2) is 290 Å². The summed E-state index contributed by atoms with van der Waals surface area (Å²) in [4.78, 5) is 2.42. The van der Waals surface area contributed by atoms with Crippen molar-refractivity contribution in [1.82, 2.24) is 0 Å². The van der Waals surface area contributed by atoms with Crippen LogP contribution in [0.1, 0.15) is 22.3 Å². The first-order valence-corrected chi connectivity index (χ1v) is 25.2. The van der Waals surface area contributed by atoms with E-state index in [2.05, 4.69) is 290 Å². The Bertz CT molecular complexity index is 4120. The van der Waals surface area contributed by atoms with E-state index in [1.807, 2.05) is 0 Å². The van der Waals surface area contributed by atoms with Crippen molar-refractivity contribution in [2.45, 2.75) is 5.41 Å². The van der Waals surface area contributed by atoms with Gasteiger partial charge in [-0.05, 0) is 120 Å². The van der Waals surface area contributed by atoms with Gasteiger partial charge in [0.2, 0.25) is 0 Å². The van der Waals surface area contributed by atoms with E-state index >= 15 is 0 Å². The summed E-state index contributed by atoms with van der Waals surface area (Å²) < 4.78 is 6.85. The van der Waals surface area contributed by atoms with Crippen molar-refractivity contribution in [3.8, 4) is 55.6 Å².